The Kier molecular flexibility index (Phi) is 6.81. The lowest BCUT2D eigenvalue weighted by atomic mass is 9.79. The molecule has 2 amide bonds. The van der Waals surface area contributed by atoms with Crippen molar-refractivity contribution in [3.63, 3.8) is 0 Å². The van der Waals surface area contributed by atoms with Crippen LogP contribution in [0, 0.1) is 17.3 Å². The Labute approximate surface area is 224 Å². The van der Waals surface area contributed by atoms with Gasteiger partial charge in [0.2, 0.25) is 11.8 Å². The number of rotatable bonds is 10. The molecule has 0 spiro atoms. The maximum absolute atomic E-state index is 13.8. The van der Waals surface area contributed by atoms with Crippen LogP contribution < -0.4 is 11.1 Å². The molecule has 2 aliphatic carbocycles. The summed E-state index contributed by atoms with van der Waals surface area (Å²) in [4.78, 5) is 29.0. The number of nitrogens with one attached hydrogen (secondary N) is 1. The molecule has 216 valence electrons. The van der Waals surface area contributed by atoms with Gasteiger partial charge in [0.05, 0.1) is 35.5 Å². The smallest absolute Gasteiger partial charge is 0.364 e. The molecule has 5 rings (SSSR count). The standard InChI is InChI=1S/C25H28F5N7O3/c1-23(2,25(28,29)30)9-15(20-21(22(31)39)36-40-35-20)16-11-37-17(33-16)6-14(10-32-37)19(13-3-4-13)34-18(38)5-12-7-24(26,27)8-12/h6,10-13,15,19H,3-5,7-9H2,1-2H3,(H2,31,39)(H,34,38)/t15-,19+/m0/s1. The SMILES string of the molecule is CC(C)(C[C@@H](c1cn2ncc([C@H](NC(=O)CC3CC(F)(F)C3)C3CC3)cc2n1)c1nonc1C(N)=O)C(F)(F)F. The van der Waals surface area contributed by atoms with E-state index in [0.717, 1.165) is 26.7 Å². The van der Waals surface area contributed by atoms with Gasteiger partial charge in [0, 0.05) is 19.3 Å². The first kappa shape index (κ1) is 27.9. The minimum absolute atomic E-state index is 0.00656. The zero-order valence-corrected chi connectivity index (χ0v) is 21.7. The lowest BCUT2D eigenvalue weighted by Gasteiger charge is -2.34. The minimum atomic E-state index is -4.58. The van der Waals surface area contributed by atoms with Crippen molar-refractivity contribution in [2.45, 2.75) is 76.4 Å². The van der Waals surface area contributed by atoms with Crippen molar-refractivity contribution in [1.82, 2.24) is 30.2 Å². The molecule has 2 aliphatic rings. The number of carbonyl (C=O) groups excluding carboxylic acids is 2. The molecule has 3 aromatic rings. The highest BCUT2D eigenvalue weighted by atomic mass is 19.4. The largest absolute Gasteiger partial charge is 0.394 e. The van der Waals surface area contributed by atoms with Gasteiger partial charge in [-0.15, -0.1) is 0 Å². The van der Waals surface area contributed by atoms with Crippen LogP contribution in [0.2, 0.25) is 0 Å². The van der Waals surface area contributed by atoms with Crippen LogP contribution in [-0.2, 0) is 4.79 Å². The number of primary amides is 1. The molecule has 0 radical (unpaired) electrons. The van der Waals surface area contributed by atoms with Gasteiger partial charge in [0.15, 0.2) is 11.3 Å². The molecule has 0 bridgehead atoms. The van der Waals surface area contributed by atoms with Gasteiger partial charge in [-0.1, -0.05) is 19.0 Å². The Hall–Kier alpha value is -3.65. The lowest BCUT2D eigenvalue weighted by molar-refractivity contribution is -0.214. The van der Waals surface area contributed by atoms with Crippen LogP contribution in [0.25, 0.3) is 5.65 Å². The predicted molar refractivity (Wildman–Crippen MR) is 128 cm³/mol. The predicted octanol–water partition coefficient (Wildman–Crippen LogP) is 4.32. The maximum atomic E-state index is 13.8. The van der Waals surface area contributed by atoms with E-state index < -0.39 is 47.5 Å². The Morgan fingerprint density at radius 3 is 2.52 bits per heavy atom. The molecule has 10 nitrogen and oxygen atoms in total. The minimum Gasteiger partial charge on any atom is -0.364 e. The lowest BCUT2D eigenvalue weighted by Crippen LogP contribution is -2.39. The van der Waals surface area contributed by atoms with Gasteiger partial charge in [-0.25, -0.2) is 22.9 Å². The van der Waals surface area contributed by atoms with E-state index in [4.69, 9.17) is 5.73 Å². The third-order valence-corrected chi connectivity index (χ3v) is 7.69. The highest BCUT2D eigenvalue weighted by molar-refractivity contribution is 5.91. The molecular formula is C25H28F5N7O3. The topological polar surface area (TPSA) is 141 Å². The number of amides is 2. The molecule has 40 heavy (non-hydrogen) atoms. The number of carbonyl (C=O) groups is 2. The molecule has 15 heteroatoms. The zero-order valence-electron chi connectivity index (χ0n) is 21.7. The van der Waals surface area contributed by atoms with Gasteiger partial charge in [-0.05, 0) is 47.9 Å². The number of aromatic nitrogens is 5. The zero-order chi connectivity index (χ0) is 29.0. The number of halogens is 5. The van der Waals surface area contributed by atoms with Crippen molar-refractivity contribution >= 4 is 17.5 Å². The van der Waals surface area contributed by atoms with Gasteiger partial charge in [-0.3, -0.25) is 9.59 Å². The fourth-order valence-corrected chi connectivity index (χ4v) is 5.14. The summed E-state index contributed by atoms with van der Waals surface area (Å²) in [7, 11) is 0. The van der Waals surface area contributed by atoms with Crippen LogP contribution in [0.15, 0.2) is 23.1 Å². The van der Waals surface area contributed by atoms with E-state index in [9.17, 15) is 31.5 Å². The normalized spacial score (nSPS) is 19.3. The summed E-state index contributed by atoms with van der Waals surface area (Å²) in [5.41, 5.74) is 3.64. The van der Waals surface area contributed by atoms with Crippen molar-refractivity contribution in [2.75, 3.05) is 0 Å². The first-order valence-electron chi connectivity index (χ1n) is 12.8. The number of fused-ring (bicyclic) bond motifs is 1. The number of alkyl halides is 5. The summed E-state index contributed by atoms with van der Waals surface area (Å²) in [6.45, 7) is 2.05. The first-order valence-corrected chi connectivity index (χ1v) is 12.8. The molecule has 0 unspecified atom stereocenters. The molecular weight excluding hydrogens is 541 g/mol. The van der Waals surface area contributed by atoms with E-state index in [1.54, 1.807) is 6.07 Å². The van der Waals surface area contributed by atoms with Gasteiger partial charge in [0.25, 0.3) is 5.91 Å². The van der Waals surface area contributed by atoms with Crippen molar-refractivity contribution in [3.05, 3.63) is 41.1 Å². The van der Waals surface area contributed by atoms with Gasteiger partial charge < -0.3 is 11.1 Å². The molecule has 2 saturated carbocycles. The highest BCUT2D eigenvalue weighted by Crippen LogP contribution is 2.47. The quantitative estimate of drug-likeness (QED) is 0.346. The third-order valence-electron chi connectivity index (χ3n) is 7.69. The molecule has 2 fully saturated rings. The van der Waals surface area contributed by atoms with Crippen LogP contribution in [-0.4, -0.2) is 48.8 Å². The van der Waals surface area contributed by atoms with Crippen molar-refractivity contribution in [3.8, 4) is 0 Å². The average molecular weight is 570 g/mol. The molecule has 0 aliphatic heterocycles. The van der Waals surface area contributed by atoms with Crippen LogP contribution >= 0.6 is 0 Å². The van der Waals surface area contributed by atoms with E-state index in [0.29, 0.717) is 5.56 Å². The van der Waals surface area contributed by atoms with Crippen molar-refractivity contribution in [2.24, 2.45) is 23.0 Å². The van der Waals surface area contributed by atoms with Gasteiger partial charge >= 0.3 is 6.18 Å². The fourth-order valence-electron chi connectivity index (χ4n) is 5.14. The summed E-state index contributed by atoms with van der Waals surface area (Å²) < 4.78 is 73.8. The Morgan fingerprint density at radius 1 is 1.23 bits per heavy atom. The Bertz CT molecular complexity index is 1420. The van der Waals surface area contributed by atoms with E-state index in [1.165, 1.54) is 16.9 Å². The Morgan fingerprint density at radius 2 is 1.93 bits per heavy atom. The third kappa shape index (κ3) is 5.63. The Balaban J connectivity index is 1.43. The van der Waals surface area contributed by atoms with Crippen LogP contribution in [0.4, 0.5) is 22.0 Å². The number of hydrogen-bond donors (Lipinski definition) is 2. The van der Waals surface area contributed by atoms with Gasteiger partial charge in [-0.2, -0.15) is 18.3 Å². The summed E-state index contributed by atoms with van der Waals surface area (Å²) in [6.07, 6.45) is -1.03. The second-order valence-electron chi connectivity index (χ2n) is 11.5. The monoisotopic (exact) mass is 569 g/mol. The average Bonchev–Trinajstić information content (AvgIpc) is 3.38. The maximum Gasteiger partial charge on any atom is 0.394 e. The van der Waals surface area contributed by atoms with Crippen molar-refractivity contribution < 1.29 is 36.2 Å². The number of nitrogens with two attached hydrogens (primary N) is 1. The second-order valence-corrected chi connectivity index (χ2v) is 11.5. The summed E-state index contributed by atoms with van der Waals surface area (Å²) in [5, 5.41) is 14.4. The van der Waals surface area contributed by atoms with Crippen molar-refractivity contribution in [1.29, 1.82) is 0 Å². The molecule has 0 saturated heterocycles. The summed E-state index contributed by atoms with van der Waals surface area (Å²) >= 11 is 0. The molecule has 0 aromatic carbocycles. The van der Waals surface area contributed by atoms with Crippen LogP contribution in [0.5, 0.6) is 0 Å². The van der Waals surface area contributed by atoms with E-state index in [1.807, 2.05) is 0 Å². The fraction of sp³-hybridized carbons (Fsp3) is 0.600. The van der Waals surface area contributed by atoms with E-state index in [-0.39, 0.29) is 54.0 Å². The van der Waals surface area contributed by atoms with E-state index in [2.05, 4.69) is 30.3 Å². The van der Waals surface area contributed by atoms with E-state index >= 15 is 0 Å². The van der Waals surface area contributed by atoms with Crippen LogP contribution in [0.1, 0.15) is 91.8 Å². The second kappa shape index (κ2) is 9.77. The summed E-state index contributed by atoms with van der Waals surface area (Å²) in [6, 6.07) is 1.26. The molecule has 3 N–H and O–H groups in total. The molecule has 3 heterocycles. The molecule has 2 atom stereocenters. The van der Waals surface area contributed by atoms with Crippen LogP contribution in [0.3, 0.4) is 0 Å². The first-order chi connectivity index (χ1) is 18.6. The number of hydrogen-bond acceptors (Lipinski definition) is 7. The van der Waals surface area contributed by atoms with Gasteiger partial charge in [0.1, 0.15) is 5.69 Å². The number of imidazole rings is 1. The summed E-state index contributed by atoms with van der Waals surface area (Å²) in [5.74, 6) is -5.42. The molecule has 3 aromatic heterocycles. The number of nitrogens with zero attached hydrogens (tertiary/aromatic N) is 5. The highest BCUT2D eigenvalue weighted by Gasteiger charge is 2.50.